The maximum atomic E-state index is 6.05. The zero-order valence-electron chi connectivity index (χ0n) is 15.0. The van der Waals surface area contributed by atoms with Crippen molar-refractivity contribution in [2.24, 2.45) is 17.8 Å². The molecule has 0 spiro atoms. The molecule has 3 nitrogen and oxygen atoms in total. The Morgan fingerprint density at radius 3 is 2.57 bits per heavy atom. The van der Waals surface area contributed by atoms with Crippen LogP contribution in [0.4, 0.5) is 0 Å². The van der Waals surface area contributed by atoms with E-state index < -0.39 is 0 Å². The average molecular weight is 296 g/mol. The maximum Gasteiger partial charge on any atom is 0.0757 e. The van der Waals surface area contributed by atoms with Gasteiger partial charge >= 0.3 is 0 Å². The summed E-state index contributed by atoms with van der Waals surface area (Å²) in [5, 5.41) is 3.58. The van der Waals surface area contributed by atoms with Gasteiger partial charge in [0.25, 0.3) is 0 Å². The number of nitrogens with one attached hydrogen (secondary N) is 1. The van der Waals surface area contributed by atoms with E-state index in [0.29, 0.717) is 12.1 Å². The number of hydrogen-bond acceptors (Lipinski definition) is 3. The highest BCUT2D eigenvalue weighted by Crippen LogP contribution is 2.35. The van der Waals surface area contributed by atoms with Gasteiger partial charge in [-0.05, 0) is 64.8 Å². The fourth-order valence-electron chi connectivity index (χ4n) is 4.54. The summed E-state index contributed by atoms with van der Waals surface area (Å²) in [6, 6.07) is 0.696. The summed E-state index contributed by atoms with van der Waals surface area (Å²) in [4.78, 5) is 2.64. The van der Waals surface area contributed by atoms with Crippen LogP contribution in [0.1, 0.15) is 53.9 Å². The Bertz CT molecular complexity index is 329. The van der Waals surface area contributed by atoms with E-state index in [4.69, 9.17) is 4.74 Å². The minimum Gasteiger partial charge on any atom is -0.370 e. The van der Waals surface area contributed by atoms with E-state index in [2.05, 4.69) is 51.9 Å². The normalized spacial score (nSPS) is 37.9. The molecule has 0 radical (unpaired) electrons. The average Bonchev–Trinajstić information content (AvgIpc) is 2.36. The Kier molecular flexibility index (Phi) is 5.72. The lowest BCUT2D eigenvalue weighted by molar-refractivity contribution is -0.132. The van der Waals surface area contributed by atoms with Crippen molar-refractivity contribution < 1.29 is 4.74 Å². The SMILES string of the molecule is CNC1CCC(C(C)C)CC1CN1CC(C)OC(C)(C)C1. The van der Waals surface area contributed by atoms with Crippen LogP contribution in [-0.2, 0) is 4.74 Å². The zero-order valence-corrected chi connectivity index (χ0v) is 15.0. The lowest BCUT2D eigenvalue weighted by Crippen LogP contribution is -2.55. The van der Waals surface area contributed by atoms with E-state index in [0.717, 1.165) is 30.8 Å². The Morgan fingerprint density at radius 2 is 2.00 bits per heavy atom. The molecule has 0 aromatic carbocycles. The molecule has 1 saturated carbocycles. The number of ether oxygens (including phenoxy) is 1. The lowest BCUT2D eigenvalue weighted by atomic mass is 9.73. The van der Waals surface area contributed by atoms with Crippen LogP contribution in [0.15, 0.2) is 0 Å². The van der Waals surface area contributed by atoms with E-state index in [1.807, 2.05) is 0 Å². The molecule has 4 atom stereocenters. The van der Waals surface area contributed by atoms with Crippen molar-refractivity contribution in [2.75, 3.05) is 26.7 Å². The predicted molar refractivity (Wildman–Crippen MR) is 89.6 cm³/mol. The summed E-state index contributed by atoms with van der Waals surface area (Å²) in [7, 11) is 2.14. The lowest BCUT2D eigenvalue weighted by Gasteiger charge is -2.45. The van der Waals surface area contributed by atoms with Gasteiger partial charge in [0, 0.05) is 25.7 Å². The number of hydrogen-bond donors (Lipinski definition) is 1. The molecule has 2 aliphatic rings. The van der Waals surface area contributed by atoms with Crippen LogP contribution in [0, 0.1) is 17.8 Å². The molecule has 0 aromatic rings. The molecule has 0 bridgehead atoms. The molecule has 3 heteroatoms. The molecule has 2 fully saturated rings. The van der Waals surface area contributed by atoms with Crippen molar-refractivity contribution in [3.63, 3.8) is 0 Å². The smallest absolute Gasteiger partial charge is 0.0757 e. The molecule has 1 saturated heterocycles. The molecule has 1 aliphatic heterocycles. The first-order valence-electron chi connectivity index (χ1n) is 8.88. The van der Waals surface area contributed by atoms with Crippen LogP contribution in [0.2, 0.25) is 0 Å². The van der Waals surface area contributed by atoms with Gasteiger partial charge < -0.3 is 10.1 Å². The van der Waals surface area contributed by atoms with E-state index in [1.54, 1.807) is 0 Å². The van der Waals surface area contributed by atoms with Crippen LogP contribution in [0.25, 0.3) is 0 Å². The third-order valence-corrected chi connectivity index (χ3v) is 5.47. The topological polar surface area (TPSA) is 24.5 Å². The van der Waals surface area contributed by atoms with Crippen molar-refractivity contribution in [3.05, 3.63) is 0 Å². The van der Waals surface area contributed by atoms with Crippen LogP contribution >= 0.6 is 0 Å². The Hall–Kier alpha value is -0.120. The zero-order chi connectivity index (χ0) is 15.6. The molecule has 1 N–H and O–H groups in total. The van der Waals surface area contributed by atoms with Crippen molar-refractivity contribution in [1.82, 2.24) is 10.2 Å². The van der Waals surface area contributed by atoms with Gasteiger partial charge in [0.05, 0.1) is 11.7 Å². The van der Waals surface area contributed by atoms with E-state index >= 15 is 0 Å². The fourth-order valence-corrected chi connectivity index (χ4v) is 4.54. The van der Waals surface area contributed by atoms with E-state index in [1.165, 1.54) is 25.8 Å². The standard InChI is InChI=1S/C18H36N2O/c1-13(2)15-7-8-17(19-6)16(9-15)11-20-10-14(3)21-18(4,5)12-20/h13-17,19H,7-12H2,1-6H3. The van der Waals surface area contributed by atoms with E-state index in [-0.39, 0.29) is 5.60 Å². The van der Waals surface area contributed by atoms with Crippen LogP contribution in [0.3, 0.4) is 0 Å². The number of nitrogens with zero attached hydrogens (tertiary/aromatic N) is 1. The molecular weight excluding hydrogens is 260 g/mol. The first kappa shape index (κ1) is 17.2. The monoisotopic (exact) mass is 296 g/mol. The summed E-state index contributed by atoms with van der Waals surface area (Å²) in [5.41, 5.74) is -0.00107. The summed E-state index contributed by atoms with van der Waals surface area (Å²) in [5.74, 6) is 2.52. The van der Waals surface area contributed by atoms with Crippen LogP contribution in [0.5, 0.6) is 0 Å². The molecule has 1 heterocycles. The largest absolute Gasteiger partial charge is 0.370 e. The highest BCUT2D eigenvalue weighted by molar-refractivity contribution is 4.90. The number of rotatable bonds is 4. The van der Waals surface area contributed by atoms with Gasteiger partial charge in [0.2, 0.25) is 0 Å². The maximum absolute atomic E-state index is 6.05. The molecule has 0 amide bonds. The van der Waals surface area contributed by atoms with Crippen LogP contribution in [-0.4, -0.2) is 49.3 Å². The second kappa shape index (κ2) is 6.97. The summed E-state index contributed by atoms with van der Waals surface area (Å²) < 4.78 is 6.05. The summed E-state index contributed by atoms with van der Waals surface area (Å²) in [6.45, 7) is 14.8. The van der Waals surface area contributed by atoms with Crippen molar-refractivity contribution in [2.45, 2.75) is 71.6 Å². The highest BCUT2D eigenvalue weighted by Gasteiger charge is 2.36. The van der Waals surface area contributed by atoms with E-state index in [9.17, 15) is 0 Å². The first-order chi connectivity index (χ1) is 9.80. The predicted octanol–water partition coefficient (Wildman–Crippen LogP) is 3.15. The Morgan fingerprint density at radius 1 is 1.29 bits per heavy atom. The fraction of sp³-hybridized carbons (Fsp3) is 1.00. The van der Waals surface area contributed by atoms with Gasteiger partial charge in [0.1, 0.15) is 0 Å². The molecule has 1 aliphatic carbocycles. The molecule has 0 aromatic heterocycles. The molecule has 2 rings (SSSR count). The molecule has 124 valence electrons. The van der Waals surface area contributed by atoms with Gasteiger partial charge in [-0.25, -0.2) is 0 Å². The van der Waals surface area contributed by atoms with Crippen molar-refractivity contribution in [3.8, 4) is 0 Å². The van der Waals surface area contributed by atoms with Crippen molar-refractivity contribution >= 4 is 0 Å². The van der Waals surface area contributed by atoms with Gasteiger partial charge in [-0.15, -0.1) is 0 Å². The molecular formula is C18H36N2O. The number of morpholine rings is 1. The third-order valence-electron chi connectivity index (χ3n) is 5.47. The second-order valence-corrected chi connectivity index (χ2v) is 8.35. The highest BCUT2D eigenvalue weighted by atomic mass is 16.5. The second-order valence-electron chi connectivity index (χ2n) is 8.35. The molecule has 21 heavy (non-hydrogen) atoms. The van der Waals surface area contributed by atoms with Gasteiger partial charge in [-0.3, -0.25) is 4.90 Å². The Labute approximate surface area is 131 Å². The molecule has 4 unspecified atom stereocenters. The minimum atomic E-state index is -0.00107. The van der Waals surface area contributed by atoms with Gasteiger partial charge in [0.15, 0.2) is 0 Å². The minimum absolute atomic E-state index is 0.00107. The van der Waals surface area contributed by atoms with Crippen molar-refractivity contribution in [1.29, 1.82) is 0 Å². The summed E-state index contributed by atoms with van der Waals surface area (Å²) >= 11 is 0. The van der Waals surface area contributed by atoms with Crippen LogP contribution < -0.4 is 5.32 Å². The van der Waals surface area contributed by atoms with Gasteiger partial charge in [-0.2, -0.15) is 0 Å². The third kappa shape index (κ3) is 4.67. The Balaban J connectivity index is 1.97. The van der Waals surface area contributed by atoms with Gasteiger partial charge in [-0.1, -0.05) is 13.8 Å². The summed E-state index contributed by atoms with van der Waals surface area (Å²) in [6.07, 6.45) is 4.47. The first-order valence-corrected chi connectivity index (χ1v) is 8.88. The quantitative estimate of drug-likeness (QED) is 0.862.